The van der Waals surface area contributed by atoms with E-state index in [1.54, 1.807) is 0 Å². The maximum atomic E-state index is 11.2. The third-order valence-electron chi connectivity index (χ3n) is 5.13. The smallest absolute Gasteiger partial charge is 0.339 e. The van der Waals surface area contributed by atoms with Gasteiger partial charge in [0.2, 0.25) is 0 Å². The van der Waals surface area contributed by atoms with Crippen molar-refractivity contribution < 1.29 is 9.90 Å². The molecule has 0 aromatic carbocycles. The molecule has 4 rings (SSSR count). The molecule has 1 aromatic rings. The minimum Gasteiger partial charge on any atom is -0.478 e. The molecule has 2 bridgehead atoms. The summed E-state index contributed by atoms with van der Waals surface area (Å²) in [5.41, 5.74) is 0.210. The Labute approximate surface area is 116 Å². The second kappa shape index (κ2) is 3.85. The van der Waals surface area contributed by atoms with Gasteiger partial charge in [-0.3, -0.25) is 0 Å². The molecule has 3 aliphatic rings. The molecule has 3 aliphatic carbocycles. The van der Waals surface area contributed by atoms with Crippen LogP contribution in [0.2, 0.25) is 5.15 Å². The Morgan fingerprint density at radius 2 is 2.00 bits per heavy atom. The Morgan fingerprint density at radius 3 is 2.63 bits per heavy atom. The van der Waals surface area contributed by atoms with Gasteiger partial charge >= 0.3 is 5.97 Å². The van der Waals surface area contributed by atoms with E-state index in [9.17, 15) is 9.90 Å². The van der Waals surface area contributed by atoms with Crippen molar-refractivity contribution in [3.05, 3.63) is 22.8 Å². The molecule has 100 valence electrons. The second-order valence-electron chi connectivity index (χ2n) is 5.99. The number of carboxylic acid groups (broad SMARTS) is 1. The second-order valence-corrected chi connectivity index (χ2v) is 6.38. The summed E-state index contributed by atoms with van der Waals surface area (Å²) < 4.78 is 0. The van der Waals surface area contributed by atoms with E-state index in [-0.39, 0.29) is 5.56 Å². The molecule has 4 atom stereocenters. The highest BCUT2D eigenvalue weighted by Gasteiger charge is 2.65. The number of anilines is 1. The SMILES string of the molecule is O=C(O)c1ccc(Cl)nc1NC1C2C3CCC(C3)C12. The summed E-state index contributed by atoms with van der Waals surface area (Å²) in [5.74, 6) is 2.64. The topological polar surface area (TPSA) is 62.2 Å². The fraction of sp³-hybridized carbons (Fsp3) is 0.571. The van der Waals surface area contributed by atoms with Crippen molar-refractivity contribution in [2.45, 2.75) is 25.3 Å². The highest BCUT2D eigenvalue weighted by atomic mass is 35.5. The van der Waals surface area contributed by atoms with E-state index in [0.29, 0.717) is 17.0 Å². The number of nitrogens with zero attached hydrogens (tertiary/aromatic N) is 1. The summed E-state index contributed by atoms with van der Waals surface area (Å²) in [5, 5.41) is 12.9. The molecule has 4 nitrogen and oxygen atoms in total. The molecule has 0 spiro atoms. The van der Waals surface area contributed by atoms with Crippen molar-refractivity contribution >= 4 is 23.4 Å². The summed E-state index contributed by atoms with van der Waals surface area (Å²) in [6.07, 6.45) is 4.07. The van der Waals surface area contributed by atoms with Crippen molar-refractivity contribution in [1.82, 2.24) is 4.98 Å². The molecule has 4 unspecified atom stereocenters. The number of rotatable bonds is 3. The molecule has 0 radical (unpaired) electrons. The number of hydrogen-bond acceptors (Lipinski definition) is 3. The molecule has 5 heteroatoms. The Morgan fingerprint density at radius 1 is 1.32 bits per heavy atom. The molecule has 1 aromatic heterocycles. The quantitative estimate of drug-likeness (QED) is 0.835. The maximum Gasteiger partial charge on any atom is 0.339 e. The van der Waals surface area contributed by atoms with E-state index in [1.165, 1.54) is 31.4 Å². The average molecular weight is 279 g/mol. The Bertz CT molecular complexity index is 546. The van der Waals surface area contributed by atoms with Crippen molar-refractivity contribution in [2.75, 3.05) is 5.32 Å². The van der Waals surface area contributed by atoms with E-state index < -0.39 is 5.97 Å². The van der Waals surface area contributed by atoms with Crippen LogP contribution in [0.4, 0.5) is 5.82 Å². The van der Waals surface area contributed by atoms with Gasteiger partial charge in [0.15, 0.2) is 0 Å². The van der Waals surface area contributed by atoms with Crippen molar-refractivity contribution in [3.63, 3.8) is 0 Å². The largest absolute Gasteiger partial charge is 0.478 e. The van der Waals surface area contributed by atoms with Crippen LogP contribution in [0, 0.1) is 23.7 Å². The van der Waals surface area contributed by atoms with E-state index >= 15 is 0 Å². The molecule has 2 N–H and O–H groups in total. The lowest BCUT2D eigenvalue weighted by Gasteiger charge is -2.13. The normalized spacial score (nSPS) is 38.1. The molecular weight excluding hydrogens is 264 g/mol. The lowest BCUT2D eigenvalue weighted by atomic mass is 10.0. The summed E-state index contributed by atoms with van der Waals surface area (Å²) >= 11 is 5.87. The van der Waals surface area contributed by atoms with E-state index in [4.69, 9.17) is 11.6 Å². The van der Waals surface area contributed by atoms with Gasteiger partial charge in [0.1, 0.15) is 16.5 Å². The number of hydrogen-bond donors (Lipinski definition) is 2. The number of fused-ring (bicyclic) bond motifs is 5. The summed E-state index contributed by atoms with van der Waals surface area (Å²) in [6.45, 7) is 0. The van der Waals surface area contributed by atoms with Crippen LogP contribution in [0.1, 0.15) is 29.6 Å². The number of carbonyl (C=O) groups is 1. The first-order valence-corrected chi connectivity index (χ1v) is 7.19. The lowest BCUT2D eigenvalue weighted by molar-refractivity contribution is 0.0697. The minimum atomic E-state index is -0.958. The Kier molecular flexibility index (Phi) is 2.34. The number of carboxylic acids is 1. The maximum absolute atomic E-state index is 11.2. The summed E-state index contributed by atoms with van der Waals surface area (Å²) in [7, 11) is 0. The van der Waals surface area contributed by atoms with Crippen LogP contribution < -0.4 is 5.32 Å². The van der Waals surface area contributed by atoms with Crippen LogP contribution in [0.15, 0.2) is 12.1 Å². The van der Waals surface area contributed by atoms with Crippen LogP contribution in [-0.4, -0.2) is 22.1 Å². The van der Waals surface area contributed by atoms with Crippen LogP contribution >= 0.6 is 11.6 Å². The van der Waals surface area contributed by atoms with Gasteiger partial charge < -0.3 is 10.4 Å². The van der Waals surface area contributed by atoms with E-state index in [1.807, 2.05) is 0 Å². The standard InChI is InChI=1S/C14H15ClN2O2/c15-9-4-3-8(14(18)19)13(16-9)17-12-10-6-1-2-7(5-6)11(10)12/h3-4,6-7,10-12H,1-2,5H2,(H,16,17)(H,18,19). The average Bonchev–Trinajstić information content (AvgIpc) is 2.78. The molecule has 0 saturated heterocycles. The summed E-state index contributed by atoms with van der Waals surface area (Å²) in [6, 6.07) is 3.45. The predicted molar refractivity (Wildman–Crippen MR) is 71.4 cm³/mol. The molecule has 19 heavy (non-hydrogen) atoms. The van der Waals surface area contributed by atoms with E-state index in [0.717, 1.165) is 23.7 Å². The number of aromatic nitrogens is 1. The molecule has 0 amide bonds. The fourth-order valence-electron chi connectivity index (χ4n) is 4.39. The Balaban J connectivity index is 1.58. The zero-order valence-corrected chi connectivity index (χ0v) is 11.1. The van der Waals surface area contributed by atoms with Crippen molar-refractivity contribution in [3.8, 4) is 0 Å². The number of aromatic carboxylic acids is 1. The molecule has 0 aliphatic heterocycles. The zero-order chi connectivity index (χ0) is 13.1. The highest BCUT2D eigenvalue weighted by molar-refractivity contribution is 6.29. The first kappa shape index (κ1) is 11.5. The fourth-order valence-corrected chi connectivity index (χ4v) is 4.54. The van der Waals surface area contributed by atoms with Gasteiger partial charge in [-0.05, 0) is 55.1 Å². The molecule has 3 saturated carbocycles. The third kappa shape index (κ3) is 1.66. The van der Waals surface area contributed by atoms with Crippen LogP contribution in [-0.2, 0) is 0 Å². The third-order valence-corrected chi connectivity index (χ3v) is 5.34. The minimum absolute atomic E-state index is 0.210. The first-order chi connectivity index (χ1) is 9.15. The lowest BCUT2D eigenvalue weighted by Crippen LogP contribution is -2.16. The van der Waals surface area contributed by atoms with Crippen LogP contribution in [0.3, 0.4) is 0 Å². The monoisotopic (exact) mass is 278 g/mol. The van der Waals surface area contributed by atoms with Gasteiger partial charge in [0.25, 0.3) is 0 Å². The van der Waals surface area contributed by atoms with E-state index in [2.05, 4.69) is 10.3 Å². The van der Waals surface area contributed by atoms with Gasteiger partial charge in [0, 0.05) is 6.04 Å². The van der Waals surface area contributed by atoms with Crippen molar-refractivity contribution in [1.29, 1.82) is 0 Å². The van der Waals surface area contributed by atoms with Gasteiger partial charge in [-0.15, -0.1) is 0 Å². The van der Waals surface area contributed by atoms with Gasteiger partial charge in [-0.1, -0.05) is 11.6 Å². The zero-order valence-electron chi connectivity index (χ0n) is 10.3. The number of halogens is 1. The molecular formula is C14H15ClN2O2. The predicted octanol–water partition coefficient (Wildman–Crippen LogP) is 2.89. The number of pyridine rings is 1. The van der Waals surface area contributed by atoms with Crippen LogP contribution in [0.5, 0.6) is 0 Å². The van der Waals surface area contributed by atoms with Gasteiger partial charge in [-0.2, -0.15) is 0 Å². The van der Waals surface area contributed by atoms with Crippen LogP contribution in [0.25, 0.3) is 0 Å². The van der Waals surface area contributed by atoms with Gasteiger partial charge in [-0.25, -0.2) is 9.78 Å². The number of nitrogens with one attached hydrogen (secondary N) is 1. The first-order valence-electron chi connectivity index (χ1n) is 6.81. The van der Waals surface area contributed by atoms with Gasteiger partial charge in [0.05, 0.1) is 0 Å². The summed E-state index contributed by atoms with van der Waals surface area (Å²) in [4.78, 5) is 15.3. The molecule has 3 fully saturated rings. The Hall–Kier alpha value is -1.29. The highest BCUT2D eigenvalue weighted by Crippen LogP contribution is 2.66. The molecule has 1 heterocycles. The van der Waals surface area contributed by atoms with Crippen molar-refractivity contribution in [2.24, 2.45) is 23.7 Å².